The molecular weight excluding hydrogens is 432 g/mol. The van der Waals surface area contributed by atoms with Crippen molar-refractivity contribution >= 4 is 22.1 Å². The lowest BCUT2D eigenvalue weighted by atomic mass is 9.85. The summed E-state index contributed by atoms with van der Waals surface area (Å²) in [5.41, 5.74) is 1.00. The molecule has 1 aromatic rings. The number of piperidine rings is 1. The van der Waals surface area contributed by atoms with E-state index in [1.54, 1.807) is 6.21 Å². The first kappa shape index (κ1) is 19.7. The zero-order chi connectivity index (χ0) is 20.0. The molecule has 2 saturated heterocycles. The minimum Gasteiger partial charge on any atom is -0.444 e. The summed E-state index contributed by atoms with van der Waals surface area (Å²) in [5.74, 6) is 1.50. The van der Waals surface area contributed by atoms with Gasteiger partial charge in [0.05, 0.1) is 17.1 Å². The van der Waals surface area contributed by atoms with Crippen molar-refractivity contribution in [2.45, 2.75) is 86.6 Å². The first-order chi connectivity index (χ1) is 14.1. The lowest BCUT2D eigenvalue weighted by molar-refractivity contribution is 0.0237. The van der Waals surface area contributed by atoms with Gasteiger partial charge in [-0.25, -0.2) is 0 Å². The number of hydrogen-bond acceptors (Lipinski definition) is 6. The Hall–Kier alpha value is -1.20. The number of halogens is 1. The number of nitrogens with one attached hydrogen (secondary N) is 1. The largest absolute Gasteiger partial charge is 0.444 e. The second-order valence-corrected chi connectivity index (χ2v) is 10.2. The van der Waals surface area contributed by atoms with E-state index in [1.165, 1.54) is 25.7 Å². The molecule has 7 heteroatoms. The van der Waals surface area contributed by atoms with Crippen molar-refractivity contribution < 1.29 is 9.52 Å². The van der Waals surface area contributed by atoms with E-state index < -0.39 is 0 Å². The van der Waals surface area contributed by atoms with Crippen molar-refractivity contribution in [3.8, 4) is 6.07 Å². The fourth-order valence-corrected chi connectivity index (χ4v) is 6.53. The van der Waals surface area contributed by atoms with Gasteiger partial charge in [-0.2, -0.15) is 5.26 Å². The normalized spacial score (nSPS) is 39.7. The molecule has 3 aliphatic heterocycles. The van der Waals surface area contributed by atoms with Crippen molar-refractivity contribution in [3.63, 3.8) is 0 Å². The summed E-state index contributed by atoms with van der Waals surface area (Å²) in [6, 6.07) is 5.69. The number of fused-ring (bicyclic) bond motifs is 5. The van der Waals surface area contributed by atoms with Gasteiger partial charge in [0, 0.05) is 36.3 Å². The molecular formula is C22H29BrN4O2. The second-order valence-electron chi connectivity index (χ2n) is 9.17. The molecule has 0 radical (unpaired) electrons. The molecule has 3 unspecified atom stereocenters. The van der Waals surface area contributed by atoms with Gasteiger partial charge in [-0.15, -0.1) is 0 Å². The van der Waals surface area contributed by atoms with Gasteiger partial charge >= 0.3 is 0 Å². The van der Waals surface area contributed by atoms with Gasteiger partial charge in [0.25, 0.3) is 0 Å². The van der Waals surface area contributed by atoms with Gasteiger partial charge in [-0.05, 0) is 57.3 Å². The highest BCUT2D eigenvalue weighted by molar-refractivity contribution is 9.09. The molecule has 4 heterocycles. The first-order valence-corrected chi connectivity index (χ1v) is 11.9. The molecule has 156 valence electrons. The summed E-state index contributed by atoms with van der Waals surface area (Å²) in [6.45, 7) is 1.09. The average molecular weight is 461 g/mol. The molecule has 0 spiro atoms. The number of rotatable bonds is 3. The Morgan fingerprint density at radius 3 is 2.62 bits per heavy atom. The molecule has 29 heavy (non-hydrogen) atoms. The Morgan fingerprint density at radius 2 is 1.86 bits per heavy atom. The van der Waals surface area contributed by atoms with Crippen LogP contribution in [-0.2, 0) is 0 Å². The Bertz CT molecular complexity index is 810. The molecule has 1 aromatic heterocycles. The van der Waals surface area contributed by atoms with E-state index >= 15 is 0 Å². The third-order valence-corrected chi connectivity index (χ3v) is 8.52. The number of furan rings is 1. The lowest BCUT2D eigenvalue weighted by Gasteiger charge is -2.45. The van der Waals surface area contributed by atoms with Crippen LogP contribution in [0, 0.1) is 17.2 Å². The average Bonchev–Trinajstić information content (AvgIpc) is 3.03. The number of aliphatic hydroxyl groups excluding tert-OH is 1. The van der Waals surface area contributed by atoms with E-state index in [1.807, 2.05) is 6.07 Å². The van der Waals surface area contributed by atoms with E-state index in [9.17, 15) is 5.11 Å². The first-order valence-electron chi connectivity index (χ1n) is 11.0. The fourth-order valence-electron chi connectivity index (χ4n) is 5.88. The number of alkyl halides is 1. The number of hydrogen-bond donors (Lipinski definition) is 2. The predicted octanol–water partition coefficient (Wildman–Crippen LogP) is 3.48. The van der Waals surface area contributed by atoms with E-state index in [0.717, 1.165) is 37.8 Å². The summed E-state index contributed by atoms with van der Waals surface area (Å²) in [5, 5.41) is 23.1. The van der Waals surface area contributed by atoms with Crippen LogP contribution in [0.15, 0.2) is 15.5 Å². The van der Waals surface area contributed by atoms with Crippen LogP contribution in [0.25, 0.3) is 0 Å². The monoisotopic (exact) mass is 460 g/mol. The Labute approximate surface area is 180 Å². The predicted molar refractivity (Wildman–Crippen MR) is 114 cm³/mol. The summed E-state index contributed by atoms with van der Waals surface area (Å²) in [4.78, 5) is 7.40. The quantitative estimate of drug-likeness (QED) is 0.674. The minimum atomic E-state index is -0.0857. The van der Waals surface area contributed by atoms with Crippen molar-refractivity contribution in [2.24, 2.45) is 10.9 Å². The van der Waals surface area contributed by atoms with Crippen LogP contribution in [0.4, 0.5) is 0 Å². The smallest absolute Gasteiger partial charge is 0.204 e. The van der Waals surface area contributed by atoms with Gasteiger partial charge in [-0.3, -0.25) is 15.2 Å². The van der Waals surface area contributed by atoms with Crippen molar-refractivity contribution in [1.29, 1.82) is 5.26 Å². The highest BCUT2D eigenvalue weighted by Gasteiger charge is 2.40. The number of nitrogens with zero attached hydrogens (tertiary/aromatic N) is 3. The molecule has 5 atom stereocenters. The Kier molecular flexibility index (Phi) is 5.55. The van der Waals surface area contributed by atoms with Crippen LogP contribution in [-0.4, -0.2) is 53.2 Å². The van der Waals surface area contributed by atoms with Crippen molar-refractivity contribution in [3.05, 3.63) is 23.2 Å². The third-order valence-electron chi connectivity index (χ3n) is 7.52. The van der Waals surface area contributed by atoms with Gasteiger partial charge in [0.15, 0.2) is 5.76 Å². The number of aliphatic hydroxyl groups is 1. The van der Waals surface area contributed by atoms with E-state index in [4.69, 9.17) is 9.68 Å². The number of nitriles is 1. The second kappa shape index (κ2) is 8.14. The Balaban J connectivity index is 1.17. The minimum absolute atomic E-state index is 0.0221. The van der Waals surface area contributed by atoms with Gasteiger partial charge in [0.1, 0.15) is 12.2 Å². The maximum Gasteiger partial charge on any atom is 0.204 e. The fraction of sp³-hybridized carbons (Fsp3) is 0.727. The topological polar surface area (TPSA) is 84.8 Å². The van der Waals surface area contributed by atoms with E-state index in [0.29, 0.717) is 35.6 Å². The highest BCUT2D eigenvalue weighted by Crippen LogP contribution is 2.39. The van der Waals surface area contributed by atoms with Crippen LogP contribution < -0.4 is 5.32 Å². The van der Waals surface area contributed by atoms with Crippen LogP contribution in [0.1, 0.15) is 73.3 Å². The van der Waals surface area contributed by atoms with E-state index in [2.05, 4.69) is 37.2 Å². The van der Waals surface area contributed by atoms with Crippen LogP contribution in [0.2, 0.25) is 0 Å². The molecule has 2 saturated carbocycles. The Morgan fingerprint density at radius 1 is 1.14 bits per heavy atom. The summed E-state index contributed by atoms with van der Waals surface area (Å²) < 4.78 is 5.50. The molecule has 0 amide bonds. The van der Waals surface area contributed by atoms with E-state index in [-0.39, 0.29) is 17.1 Å². The SMILES string of the molecule is N#Cc1cc2c(o1)C=NC(NC1CCC(N3C[C@H]4CC[C@H]3CCC4O)CC1)C2Br. The number of aliphatic imine (C=N–C) groups is 1. The summed E-state index contributed by atoms with van der Waals surface area (Å²) in [6.07, 6.45) is 11.0. The standard InChI is InChI=1S/C22H29BrN4O2/c23-21-18-9-17(10-24)29-20(18)11-25-22(21)26-14-2-5-16(6-3-14)27-12-13-1-4-15(27)7-8-19(13)28/h9,11,13-16,19,21-22,26,28H,1-8,12H2/t13-,14?,15+,16?,19?,21?,22?/m1/s1. The molecule has 2 bridgehead atoms. The summed E-state index contributed by atoms with van der Waals surface area (Å²) in [7, 11) is 0. The maximum atomic E-state index is 10.3. The van der Waals surface area contributed by atoms with Gasteiger partial charge < -0.3 is 9.52 Å². The van der Waals surface area contributed by atoms with Crippen LogP contribution in [0.5, 0.6) is 0 Å². The summed E-state index contributed by atoms with van der Waals surface area (Å²) >= 11 is 3.76. The maximum absolute atomic E-state index is 10.3. The van der Waals surface area contributed by atoms with Crippen LogP contribution >= 0.6 is 15.9 Å². The zero-order valence-electron chi connectivity index (χ0n) is 16.6. The van der Waals surface area contributed by atoms with Gasteiger partial charge in [-0.1, -0.05) is 15.9 Å². The lowest BCUT2D eigenvalue weighted by Crippen LogP contribution is -2.51. The molecule has 5 aliphatic rings. The van der Waals surface area contributed by atoms with Crippen LogP contribution in [0.3, 0.4) is 0 Å². The van der Waals surface area contributed by atoms with Crippen molar-refractivity contribution in [1.82, 2.24) is 10.2 Å². The van der Waals surface area contributed by atoms with Gasteiger partial charge in [0.2, 0.25) is 5.76 Å². The molecule has 6 nitrogen and oxygen atoms in total. The molecule has 6 rings (SSSR count). The molecule has 0 aromatic carbocycles. The molecule has 2 aliphatic carbocycles. The van der Waals surface area contributed by atoms with Crippen molar-refractivity contribution in [2.75, 3.05) is 6.54 Å². The highest BCUT2D eigenvalue weighted by atomic mass is 79.9. The zero-order valence-corrected chi connectivity index (χ0v) is 18.2. The third kappa shape index (κ3) is 3.81. The molecule has 2 N–H and O–H groups in total. The molecule has 4 fully saturated rings.